The minimum Gasteiger partial charge on any atom is -0.319 e. The number of hydrogen-bond donors (Lipinski definition) is 2. The first-order valence-corrected chi connectivity index (χ1v) is 2.70. The van der Waals surface area contributed by atoms with Gasteiger partial charge in [0.15, 0.2) is 0 Å². The zero-order valence-corrected chi connectivity index (χ0v) is 9.22. The summed E-state index contributed by atoms with van der Waals surface area (Å²) in [4.78, 5) is 4.06. The molecule has 74 valence electrons. The molecule has 4 nitrogen and oxygen atoms in total. The van der Waals surface area contributed by atoms with Crippen molar-refractivity contribution < 1.29 is 0 Å². The average Bonchev–Trinajstić information content (AvgIpc) is 2.10. The Morgan fingerprint density at radius 3 is 2.08 bits per heavy atom. The van der Waals surface area contributed by atoms with Gasteiger partial charge in [-0.25, -0.2) is 10.8 Å². The molecule has 0 aliphatic heterocycles. The van der Waals surface area contributed by atoms with Crippen LogP contribution in [0.3, 0.4) is 0 Å². The molecule has 7 heteroatoms. The van der Waals surface area contributed by atoms with Crippen LogP contribution in [-0.2, 0) is 7.05 Å². The smallest absolute Gasteiger partial charge is 0.217 e. The minimum absolute atomic E-state index is 0. The molecule has 0 spiro atoms. The summed E-state index contributed by atoms with van der Waals surface area (Å²) in [7, 11) is 1.88. The van der Waals surface area contributed by atoms with Crippen LogP contribution in [0.15, 0.2) is 6.20 Å². The van der Waals surface area contributed by atoms with Gasteiger partial charge in [0.1, 0.15) is 0 Å². The molecule has 0 saturated carbocycles. The number of nitrogens with one attached hydrogen (secondary N) is 1. The normalized spacial score (nSPS) is 7.25. The number of hydrazine groups is 1. The van der Waals surface area contributed by atoms with E-state index in [2.05, 4.69) is 10.4 Å². The van der Waals surface area contributed by atoms with Crippen molar-refractivity contribution in [2.75, 3.05) is 5.43 Å². The van der Waals surface area contributed by atoms with E-state index in [4.69, 9.17) is 5.84 Å². The molecule has 0 amide bonds. The molecule has 0 saturated heterocycles. The Kier molecular flexibility index (Phi) is 11.1. The molecule has 0 bridgehead atoms. The van der Waals surface area contributed by atoms with Gasteiger partial charge in [-0.2, -0.15) is 0 Å². The fraction of sp³-hybridized carbons (Fsp3) is 0.400. The van der Waals surface area contributed by atoms with Gasteiger partial charge in [0, 0.05) is 13.2 Å². The molecule has 0 aromatic carbocycles. The zero-order valence-electron chi connectivity index (χ0n) is 6.77. The van der Waals surface area contributed by atoms with Crippen molar-refractivity contribution in [2.24, 2.45) is 12.9 Å². The van der Waals surface area contributed by atoms with Crippen molar-refractivity contribution >= 4 is 43.2 Å². The summed E-state index contributed by atoms with van der Waals surface area (Å²) in [6.45, 7) is 1.92. The van der Waals surface area contributed by atoms with Gasteiger partial charge in [0.25, 0.3) is 0 Å². The molecule has 0 fully saturated rings. The van der Waals surface area contributed by atoms with Crippen molar-refractivity contribution in [2.45, 2.75) is 6.92 Å². The Bertz CT molecular complexity index is 212. The molecule has 0 aliphatic carbocycles. The highest BCUT2D eigenvalue weighted by atomic mass is 35.5. The Morgan fingerprint density at radius 1 is 1.42 bits per heavy atom. The fourth-order valence-electron chi connectivity index (χ4n) is 0.750. The maximum atomic E-state index is 5.13. The van der Waals surface area contributed by atoms with Gasteiger partial charge in [-0.05, 0) is 6.92 Å². The first kappa shape index (κ1) is 17.8. The van der Waals surface area contributed by atoms with Crippen LogP contribution in [0.2, 0.25) is 0 Å². The third-order valence-corrected chi connectivity index (χ3v) is 1.13. The van der Waals surface area contributed by atoms with Gasteiger partial charge in [-0.15, -0.1) is 37.2 Å². The second-order valence-electron chi connectivity index (χ2n) is 1.96. The van der Waals surface area contributed by atoms with Crippen LogP contribution in [0.25, 0.3) is 0 Å². The van der Waals surface area contributed by atoms with Crippen LogP contribution in [0.5, 0.6) is 0 Å². The highest BCUT2D eigenvalue weighted by molar-refractivity contribution is 5.86. The average molecular weight is 236 g/mol. The zero-order chi connectivity index (χ0) is 6.85. The molecule has 1 aromatic rings. The van der Waals surface area contributed by atoms with Crippen LogP contribution >= 0.6 is 37.2 Å². The lowest BCUT2D eigenvalue weighted by atomic mass is 10.6. The highest BCUT2D eigenvalue weighted by Crippen LogP contribution is 2.02. The predicted molar refractivity (Wildman–Crippen MR) is 57.5 cm³/mol. The minimum atomic E-state index is 0. The quantitative estimate of drug-likeness (QED) is 0.569. The largest absolute Gasteiger partial charge is 0.319 e. The molecule has 3 N–H and O–H groups in total. The third kappa shape index (κ3) is 4.01. The number of aromatic nitrogens is 2. The van der Waals surface area contributed by atoms with Crippen molar-refractivity contribution in [3.8, 4) is 0 Å². The number of imidazole rings is 1. The summed E-state index contributed by atoms with van der Waals surface area (Å²) in [5, 5.41) is 0. The second kappa shape index (κ2) is 7.49. The van der Waals surface area contributed by atoms with E-state index in [1.807, 2.05) is 24.7 Å². The van der Waals surface area contributed by atoms with Crippen LogP contribution < -0.4 is 11.3 Å². The lowest BCUT2D eigenvalue weighted by molar-refractivity contribution is 0.911. The maximum Gasteiger partial charge on any atom is 0.217 e. The maximum absolute atomic E-state index is 5.13. The molecule has 1 heterocycles. The lowest BCUT2D eigenvalue weighted by Crippen LogP contribution is -2.11. The van der Waals surface area contributed by atoms with Gasteiger partial charge in [0.2, 0.25) is 5.95 Å². The van der Waals surface area contributed by atoms with Crippen LogP contribution in [0.1, 0.15) is 5.69 Å². The van der Waals surface area contributed by atoms with Gasteiger partial charge in [0.05, 0.1) is 5.69 Å². The SMILES string of the molecule is Cc1cn(C)c(NN)n1.Cl.Cl.Cl. The monoisotopic (exact) mass is 234 g/mol. The first-order valence-electron chi connectivity index (χ1n) is 2.70. The number of anilines is 1. The van der Waals surface area contributed by atoms with E-state index in [1.54, 1.807) is 0 Å². The molecule has 0 unspecified atom stereocenters. The Labute approximate surface area is 90.1 Å². The Hall–Kier alpha value is -0.160. The summed E-state index contributed by atoms with van der Waals surface area (Å²) in [6, 6.07) is 0. The molecular weight excluding hydrogens is 222 g/mol. The predicted octanol–water partition coefficient (Wildman–Crippen LogP) is 1.28. The van der Waals surface area contributed by atoms with Crippen molar-refractivity contribution in [3.05, 3.63) is 11.9 Å². The van der Waals surface area contributed by atoms with E-state index in [0.29, 0.717) is 5.95 Å². The fourth-order valence-corrected chi connectivity index (χ4v) is 0.750. The van der Waals surface area contributed by atoms with Gasteiger partial charge < -0.3 is 4.57 Å². The lowest BCUT2D eigenvalue weighted by Gasteiger charge is -1.95. The summed E-state index contributed by atoms with van der Waals surface area (Å²) in [6.07, 6.45) is 1.90. The van der Waals surface area contributed by atoms with Crippen molar-refractivity contribution in [1.82, 2.24) is 9.55 Å². The van der Waals surface area contributed by atoms with E-state index in [9.17, 15) is 0 Å². The van der Waals surface area contributed by atoms with Crippen LogP contribution in [0, 0.1) is 6.92 Å². The molecule has 1 rings (SSSR count). The summed E-state index contributed by atoms with van der Waals surface area (Å²) >= 11 is 0. The third-order valence-electron chi connectivity index (χ3n) is 1.13. The number of aryl methyl sites for hydroxylation is 2. The summed E-state index contributed by atoms with van der Waals surface area (Å²) in [5.74, 6) is 5.82. The number of hydrogen-bond acceptors (Lipinski definition) is 3. The van der Waals surface area contributed by atoms with Crippen LogP contribution in [-0.4, -0.2) is 9.55 Å². The highest BCUT2D eigenvalue weighted by Gasteiger charge is 1.96. The Morgan fingerprint density at radius 2 is 1.92 bits per heavy atom. The number of nitrogens with two attached hydrogens (primary N) is 1. The van der Waals surface area contributed by atoms with Gasteiger partial charge in [-0.3, -0.25) is 5.43 Å². The summed E-state index contributed by atoms with van der Waals surface area (Å²) in [5.41, 5.74) is 3.43. The molecule has 0 aliphatic rings. The van der Waals surface area contributed by atoms with Crippen molar-refractivity contribution in [3.63, 3.8) is 0 Å². The van der Waals surface area contributed by atoms with Crippen LogP contribution in [0.4, 0.5) is 5.95 Å². The molecule has 0 atom stereocenters. The first-order chi connectivity index (χ1) is 4.24. The van der Waals surface area contributed by atoms with E-state index < -0.39 is 0 Å². The standard InChI is InChI=1S/C5H10N4.3ClH/c1-4-3-9(2)5(7-4)8-6;;;/h3H,6H2,1-2H3,(H,7,8);3*1H. The van der Waals surface area contributed by atoms with Crippen molar-refractivity contribution in [1.29, 1.82) is 0 Å². The van der Waals surface area contributed by atoms with E-state index in [-0.39, 0.29) is 37.2 Å². The number of rotatable bonds is 1. The number of halogens is 3. The van der Waals surface area contributed by atoms with E-state index >= 15 is 0 Å². The molecular formula is C5H13Cl3N4. The second-order valence-corrected chi connectivity index (χ2v) is 1.96. The number of nitrogens with zero attached hydrogens (tertiary/aromatic N) is 2. The molecule has 12 heavy (non-hydrogen) atoms. The van der Waals surface area contributed by atoms with E-state index in [1.165, 1.54) is 0 Å². The molecule has 0 radical (unpaired) electrons. The van der Waals surface area contributed by atoms with Gasteiger partial charge >= 0.3 is 0 Å². The Balaban J connectivity index is -0.000000270. The topological polar surface area (TPSA) is 55.9 Å². The van der Waals surface area contributed by atoms with Gasteiger partial charge in [-0.1, -0.05) is 0 Å². The number of nitrogen functional groups attached to an aromatic ring is 1. The molecule has 1 aromatic heterocycles. The van der Waals surface area contributed by atoms with E-state index in [0.717, 1.165) is 5.69 Å². The summed E-state index contributed by atoms with van der Waals surface area (Å²) < 4.78 is 1.83.